The maximum absolute atomic E-state index is 12.4. The molecule has 1 heterocycles. The van der Waals surface area contributed by atoms with Gasteiger partial charge in [-0.2, -0.15) is 0 Å². The molecule has 2 aromatic carbocycles. The number of aliphatic hydroxyl groups is 1. The van der Waals surface area contributed by atoms with E-state index in [-0.39, 0.29) is 17.9 Å². The molecule has 0 atom stereocenters. The summed E-state index contributed by atoms with van der Waals surface area (Å²) in [7, 11) is 0. The van der Waals surface area contributed by atoms with E-state index < -0.39 is 5.97 Å². The van der Waals surface area contributed by atoms with Gasteiger partial charge in [-0.3, -0.25) is 0 Å². The van der Waals surface area contributed by atoms with Gasteiger partial charge in [0.1, 0.15) is 16.4 Å². The highest BCUT2D eigenvalue weighted by atomic mass is 32.2. The quantitative estimate of drug-likeness (QED) is 0.703. The SMILES string of the molecule is CCOC(=O)C1=C(O)/C(=C\c2ccc(CC)cc2)SC1=Nc1ccccc1. The number of carbonyl (C=O) groups is 1. The number of benzene rings is 2. The zero-order valence-electron chi connectivity index (χ0n) is 15.3. The lowest BCUT2D eigenvalue weighted by Gasteiger charge is -2.03. The Kier molecular flexibility index (Phi) is 6.14. The zero-order valence-corrected chi connectivity index (χ0v) is 16.1. The van der Waals surface area contributed by atoms with Gasteiger partial charge in [-0.1, -0.05) is 61.2 Å². The molecule has 27 heavy (non-hydrogen) atoms. The summed E-state index contributed by atoms with van der Waals surface area (Å²) in [6.07, 6.45) is 2.82. The summed E-state index contributed by atoms with van der Waals surface area (Å²) in [5, 5.41) is 11.1. The van der Waals surface area contributed by atoms with Gasteiger partial charge in [0.05, 0.1) is 17.2 Å². The van der Waals surface area contributed by atoms with Gasteiger partial charge in [-0.15, -0.1) is 0 Å². The van der Waals surface area contributed by atoms with Crippen LogP contribution in [0.5, 0.6) is 0 Å². The first-order valence-corrected chi connectivity index (χ1v) is 9.67. The molecule has 0 saturated heterocycles. The van der Waals surface area contributed by atoms with Crippen LogP contribution >= 0.6 is 11.8 Å². The minimum absolute atomic E-state index is 0.0901. The molecule has 0 unspecified atom stereocenters. The second-order valence-electron chi connectivity index (χ2n) is 5.90. The maximum atomic E-state index is 12.4. The molecule has 0 fully saturated rings. The standard InChI is InChI=1S/C22H21NO3S/c1-3-15-10-12-16(13-11-15)14-18-20(24)19(22(25)26-4-2)21(27-18)23-17-8-6-5-7-9-17/h5-14,24H,3-4H2,1-2H3/b18-14+,23-21?. The Morgan fingerprint density at radius 1 is 1.11 bits per heavy atom. The Hall–Kier alpha value is -2.79. The zero-order chi connectivity index (χ0) is 19.2. The number of aliphatic imine (C=N–C) groups is 1. The molecule has 138 valence electrons. The molecule has 2 aromatic rings. The van der Waals surface area contributed by atoms with Crippen molar-refractivity contribution < 1.29 is 14.6 Å². The number of hydrogen-bond donors (Lipinski definition) is 1. The first-order valence-electron chi connectivity index (χ1n) is 8.85. The Morgan fingerprint density at radius 3 is 2.44 bits per heavy atom. The van der Waals surface area contributed by atoms with Crippen molar-refractivity contribution in [2.45, 2.75) is 20.3 Å². The normalized spacial score (nSPS) is 17.0. The van der Waals surface area contributed by atoms with Crippen LogP contribution in [0.4, 0.5) is 5.69 Å². The minimum atomic E-state index is -0.568. The third kappa shape index (κ3) is 4.49. The average Bonchev–Trinajstić information content (AvgIpc) is 2.98. The van der Waals surface area contributed by atoms with Crippen LogP contribution in [0.1, 0.15) is 25.0 Å². The first kappa shape index (κ1) is 19.0. The van der Waals surface area contributed by atoms with E-state index in [1.54, 1.807) is 6.92 Å². The summed E-state index contributed by atoms with van der Waals surface area (Å²) < 4.78 is 5.11. The van der Waals surface area contributed by atoms with Crippen LogP contribution in [0.25, 0.3) is 6.08 Å². The predicted octanol–water partition coefficient (Wildman–Crippen LogP) is 5.44. The van der Waals surface area contributed by atoms with E-state index in [9.17, 15) is 9.90 Å². The molecule has 1 N–H and O–H groups in total. The number of nitrogens with zero attached hydrogens (tertiary/aromatic N) is 1. The first-order chi connectivity index (χ1) is 13.1. The molecule has 5 heteroatoms. The summed E-state index contributed by atoms with van der Waals surface area (Å²) in [5.74, 6) is -0.658. The second kappa shape index (κ2) is 8.73. The molecule has 1 aliphatic heterocycles. The maximum Gasteiger partial charge on any atom is 0.344 e. The summed E-state index contributed by atoms with van der Waals surface area (Å²) >= 11 is 1.27. The Bertz CT molecular complexity index is 912. The molecule has 0 aliphatic carbocycles. The van der Waals surface area contributed by atoms with Gasteiger partial charge in [0, 0.05) is 0 Å². The molecule has 0 spiro atoms. The lowest BCUT2D eigenvalue weighted by molar-refractivity contribution is -0.138. The molecule has 0 bridgehead atoms. The van der Waals surface area contributed by atoms with Crippen molar-refractivity contribution >= 4 is 34.5 Å². The van der Waals surface area contributed by atoms with Gasteiger partial charge in [0.15, 0.2) is 0 Å². The number of carbonyl (C=O) groups excluding carboxylic acids is 1. The van der Waals surface area contributed by atoms with E-state index in [2.05, 4.69) is 24.0 Å². The van der Waals surface area contributed by atoms with Gasteiger partial charge < -0.3 is 9.84 Å². The highest BCUT2D eigenvalue weighted by Crippen LogP contribution is 2.40. The molecular formula is C22H21NO3S. The highest BCUT2D eigenvalue weighted by molar-refractivity contribution is 8.18. The molecule has 0 amide bonds. The predicted molar refractivity (Wildman–Crippen MR) is 111 cm³/mol. The molecule has 0 aromatic heterocycles. The van der Waals surface area contributed by atoms with E-state index in [1.807, 2.05) is 48.5 Å². The van der Waals surface area contributed by atoms with E-state index in [4.69, 9.17) is 4.74 Å². The fourth-order valence-corrected chi connectivity index (χ4v) is 3.65. The van der Waals surface area contributed by atoms with Crippen LogP contribution in [-0.4, -0.2) is 22.7 Å². The van der Waals surface area contributed by atoms with Crippen molar-refractivity contribution in [1.29, 1.82) is 0 Å². The largest absolute Gasteiger partial charge is 0.506 e. The number of esters is 1. The van der Waals surface area contributed by atoms with Crippen molar-refractivity contribution in [3.8, 4) is 0 Å². The van der Waals surface area contributed by atoms with Gasteiger partial charge >= 0.3 is 5.97 Å². The van der Waals surface area contributed by atoms with Crippen molar-refractivity contribution in [3.63, 3.8) is 0 Å². The summed E-state index contributed by atoms with van der Waals surface area (Å²) in [6.45, 7) is 4.07. The minimum Gasteiger partial charge on any atom is -0.506 e. The highest BCUT2D eigenvalue weighted by Gasteiger charge is 2.33. The van der Waals surface area contributed by atoms with Crippen LogP contribution in [0.15, 0.2) is 75.8 Å². The topological polar surface area (TPSA) is 58.9 Å². The third-order valence-electron chi connectivity index (χ3n) is 4.04. The van der Waals surface area contributed by atoms with Gasteiger partial charge in [0.25, 0.3) is 0 Å². The van der Waals surface area contributed by atoms with Gasteiger partial charge in [-0.05, 0) is 42.7 Å². The third-order valence-corrected chi connectivity index (χ3v) is 5.06. The summed E-state index contributed by atoms with van der Waals surface area (Å²) in [5.41, 5.74) is 3.02. The number of aryl methyl sites for hydroxylation is 1. The number of para-hydroxylation sites is 1. The van der Waals surface area contributed by atoms with Crippen molar-refractivity contribution in [2.75, 3.05) is 6.61 Å². The number of thioether (sulfide) groups is 1. The molecule has 1 aliphatic rings. The molecule has 0 saturated carbocycles. The second-order valence-corrected chi connectivity index (χ2v) is 6.93. The lowest BCUT2D eigenvalue weighted by Crippen LogP contribution is -2.12. The van der Waals surface area contributed by atoms with Gasteiger partial charge in [-0.25, -0.2) is 9.79 Å². The van der Waals surface area contributed by atoms with E-state index in [0.29, 0.717) is 15.6 Å². The van der Waals surface area contributed by atoms with E-state index >= 15 is 0 Å². The molecule has 3 rings (SSSR count). The number of ether oxygens (including phenoxy) is 1. The van der Waals surface area contributed by atoms with Crippen molar-refractivity contribution in [3.05, 3.63) is 82.0 Å². The average molecular weight is 379 g/mol. The number of aliphatic hydroxyl groups excluding tert-OH is 1. The number of rotatable bonds is 5. The smallest absolute Gasteiger partial charge is 0.344 e. The van der Waals surface area contributed by atoms with Crippen LogP contribution in [-0.2, 0) is 16.0 Å². The fraction of sp³-hybridized carbons (Fsp3) is 0.182. The van der Waals surface area contributed by atoms with Gasteiger partial charge in [0.2, 0.25) is 0 Å². The monoisotopic (exact) mass is 379 g/mol. The van der Waals surface area contributed by atoms with Crippen LogP contribution < -0.4 is 0 Å². The van der Waals surface area contributed by atoms with Crippen LogP contribution in [0.2, 0.25) is 0 Å². The summed E-state index contributed by atoms with van der Waals surface area (Å²) in [6, 6.07) is 17.4. The number of hydrogen-bond acceptors (Lipinski definition) is 5. The molecule has 4 nitrogen and oxygen atoms in total. The fourth-order valence-electron chi connectivity index (χ4n) is 2.61. The van der Waals surface area contributed by atoms with Crippen molar-refractivity contribution in [2.24, 2.45) is 4.99 Å². The van der Waals surface area contributed by atoms with Crippen molar-refractivity contribution in [1.82, 2.24) is 0 Å². The Morgan fingerprint density at radius 2 is 1.81 bits per heavy atom. The lowest BCUT2D eigenvalue weighted by atomic mass is 10.1. The van der Waals surface area contributed by atoms with Crippen LogP contribution in [0.3, 0.4) is 0 Å². The van der Waals surface area contributed by atoms with E-state index in [1.165, 1.54) is 17.3 Å². The van der Waals surface area contributed by atoms with E-state index in [0.717, 1.165) is 12.0 Å². The van der Waals surface area contributed by atoms with Crippen LogP contribution in [0, 0.1) is 0 Å². The Labute approximate surface area is 163 Å². The Balaban J connectivity index is 2.00. The summed E-state index contributed by atoms with van der Waals surface area (Å²) in [4.78, 5) is 17.5. The molecule has 0 radical (unpaired) electrons. The molecular weight excluding hydrogens is 358 g/mol.